The highest BCUT2D eigenvalue weighted by Gasteiger charge is 2.41. The molecule has 2 aliphatic rings. The molecule has 0 spiro atoms. The molecule has 2 bridgehead atoms. The van der Waals surface area contributed by atoms with Crippen LogP contribution in [0.2, 0.25) is 0 Å². The monoisotopic (exact) mass is 371 g/mol. The van der Waals surface area contributed by atoms with Crippen molar-refractivity contribution < 1.29 is 18.3 Å². The predicted molar refractivity (Wildman–Crippen MR) is 98.2 cm³/mol. The molecule has 5 heteroatoms. The summed E-state index contributed by atoms with van der Waals surface area (Å²) in [6.07, 6.45) is 1.67. The van der Waals surface area contributed by atoms with Crippen LogP contribution in [0.25, 0.3) is 0 Å². The molecule has 0 saturated carbocycles. The van der Waals surface area contributed by atoms with E-state index in [0.717, 1.165) is 31.5 Å². The molecular formula is C22H23F2NO2. The van der Waals surface area contributed by atoms with Gasteiger partial charge in [-0.15, -0.1) is 0 Å². The Morgan fingerprint density at radius 1 is 0.963 bits per heavy atom. The first-order valence-corrected chi connectivity index (χ1v) is 9.44. The van der Waals surface area contributed by atoms with Crippen LogP contribution >= 0.6 is 0 Å². The van der Waals surface area contributed by atoms with Gasteiger partial charge in [-0.3, -0.25) is 9.69 Å². The summed E-state index contributed by atoms with van der Waals surface area (Å²) in [5.41, 5.74) is 1.80. The van der Waals surface area contributed by atoms with E-state index in [1.807, 2.05) is 18.2 Å². The molecule has 4 rings (SSSR count). The third kappa shape index (κ3) is 4.09. The fraction of sp³-hybridized carbons (Fsp3) is 0.409. The van der Waals surface area contributed by atoms with Crippen molar-refractivity contribution in [3.05, 3.63) is 71.3 Å². The Hall–Kier alpha value is -2.11. The van der Waals surface area contributed by atoms with Gasteiger partial charge in [0.05, 0.1) is 13.2 Å². The summed E-state index contributed by atoms with van der Waals surface area (Å²) >= 11 is 0. The zero-order valence-electron chi connectivity index (χ0n) is 15.1. The Balaban J connectivity index is 1.43. The maximum absolute atomic E-state index is 13.4. The molecule has 0 aliphatic carbocycles. The molecule has 3 nitrogen and oxygen atoms in total. The lowest BCUT2D eigenvalue weighted by Gasteiger charge is -2.48. The smallest absolute Gasteiger partial charge is 0.159 e. The Morgan fingerprint density at radius 3 is 2.33 bits per heavy atom. The van der Waals surface area contributed by atoms with Gasteiger partial charge >= 0.3 is 0 Å². The first kappa shape index (κ1) is 18.3. The highest BCUT2D eigenvalue weighted by molar-refractivity contribution is 5.83. The van der Waals surface area contributed by atoms with Crippen LogP contribution in [-0.2, 0) is 22.5 Å². The van der Waals surface area contributed by atoms with Crippen LogP contribution in [0.3, 0.4) is 0 Å². The van der Waals surface area contributed by atoms with Crippen LogP contribution in [0.5, 0.6) is 0 Å². The second-order valence-corrected chi connectivity index (χ2v) is 7.56. The van der Waals surface area contributed by atoms with Crippen molar-refractivity contribution in [2.75, 3.05) is 13.2 Å². The van der Waals surface area contributed by atoms with Crippen LogP contribution in [0, 0.1) is 17.6 Å². The summed E-state index contributed by atoms with van der Waals surface area (Å²) < 4.78 is 32.2. The summed E-state index contributed by atoms with van der Waals surface area (Å²) in [5.74, 6) is -1.73. The third-order valence-corrected chi connectivity index (χ3v) is 5.70. The fourth-order valence-electron chi connectivity index (χ4n) is 4.30. The van der Waals surface area contributed by atoms with Gasteiger partial charge in [-0.05, 0) is 36.1 Å². The minimum Gasteiger partial charge on any atom is -0.378 e. The van der Waals surface area contributed by atoms with Gasteiger partial charge in [-0.1, -0.05) is 36.4 Å². The van der Waals surface area contributed by atoms with Crippen molar-refractivity contribution in [1.29, 1.82) is 0 Å². The first-order chi connectivity index (χ1) is 13.1. The number of rotatable bonds is 5. The van der Waals surface area contributed by atoms with E-state index in [0.29, 0.717) is 18.8 Å². The predicted octanol–water partition coefficient (Wildman–Crippen LogP) is 3.76. The molecule has 2 aliphatic heterocycles. The van der Waals surface area contributed by atoms with Gasteiger partial charge in [0.15, 0.2) is 11.6 Å². The highest BCUT2D eigenvalue weighted by atomic mass is 19.2. The van der Waals surface area contributed by atoms with Crippen LogP contribution in [-0.4, -0.2) is 36.0 Å². The van der Waals surface area contributed by atoms with E-state index in [1.54, 1.807) is 0 Å². The highest BCUT2D eigenvalue weighted by Crippen LogP contribution is 2.34. The molecule has 2 atom stereocenters. The topological polar surface area (TPSA) is 29.5 Å². The summed E-state index contributed by atoms with van der Waals surface area (Å²) in [6.45, 7) is 2.14. The lowest BCUT2D eigenvalue weighted by Crippen LogP contribution is -2.57. The average Bonchev–Trinajstić information content (AvgIpc) is 2.65. The zero-order chi connectivity index (χ0) is 18.8. The summed E-state index contributed by atoms with van der Waals surface area (Å²) in [6, 6.07) is 14.5. The number of hydrogen-bond acceptors (Lipinski definition) is 3. The summed E-state index contributed by atoms with van der Waals surface area (Å²) in [7, 11) is 0. The Labute approximate surface area is 157 Å². The average molecular weight is 371 g/mol. The van der Waals surface area contributed by atoms with E-state index in [4.69, 9.17) is 4.74 Å². The summed E-state index contributed by atoms with van der Waals surface area (Å²) in [5, 5.41) is 0. The maximum Gasteiger partial charge on any atom is 0.159 e. The molecular weight excluding hydrogens is 348 g/mol. The molecule has 2 heterocycles. The van der Waals surface area contributed by atoms with Crippen LogP contribution < -0.4 is 0 Å². The van der Waals surface area contributed by atoms with Crippen molar-refractivity contribution in [2.24, 2.45) is 5.92 Å². The zero-order valence-corrected chi connectivity index (χ0v) is 15.1. The number of hydrogen-bond donors (Lipinski definition) is 0. The van der Waals surface area contributed by atoms with Gasteiger partial charge < -0.3 is 4.74 Å². The van der Waals surface area contributed by atoms with Gasteiger partial charge in [0.25, 0.3) is 0 Å². The number of ketones is 1. The molecule has 2 saturated heterocycles. The molecule has 0 aromatic heterocycles. The van der Waals surface area contributed by atoms with Gasteiger partial charge in [-0.2, -0.15) is 0 Å². The Bertz CT molecular complexity index is 797. The Morgan fingerprint density at radius 2 is 1.67 bits per heavy atom. The number of ether oxygens (including phenoxy) is 1. The van der Waals surface area contributed by atoms with E-state index in [9.17, 15) is 13.6 Å². The minimum absolute atomic E-state index is 0.0518. The first-order valence-electron chi connectivity index (χ1n) is 9.44. The number of benzene rings is 2. The second-order valence-electron chi connectivity index (χ2n) is 7.56. The molecule has 27 heavy (non-hydrogen) atoms. The van der Waals surface area contributed by atoms with Gasteiger partial charge in [0.1, 0.15) is 5.78 Å². The van der Waals surface area contributed by atoms with Crippen molar-refractivity contribution in [3.63, 3.8) is 0 Å². The SMILES string of the molecule is O=C(Cc1ccc(F)c(F)c1)C1CC2COCC(C1)N2Cc1ccccc1. The molecule has 142 valence electrons. The molecule has 2 unspecified atom stereocenters. The molecule has 0 radical (unpaired) electrons. The van der Waals surface area contributed by atoms with E-state index < -0.39 is 11.6 Å². The van der Waals surface area contributed by atoms with Crippen molar-refractivity contribution in [3.8, 4) is 0 Å². The van der Waals surface area contributed by atoms with E-state index in [-0.39, 0.29) is 30.2 Å². The number of fused-ring (bicyclic) bond motifs is 2. The minimum atomic E-state index is -0.900. The fourth-order valence-corrected chi connectivity index (χ4v) is 4.30. The van der Waals surface area contributed by atoms with Gasteiger partial charge in [-0.25, -0.2) is 8.78 Å². The van der Waals surface area contributed by atoms with Crippen LogP contribution in [0.4, 0.5) is 8.78 Å². The van der Waals surface area contributed by atoms with E-state index in [2.05, 4.69) is 17.0 Å². The van der Waals surface area contributed by atoms with E-state index >= 15 is 0 Å². The lowest BCUT2D eigenvalue weighted by molar-refractivity contribution is -0.133. The Kier molecular flexibility index (Phi) is 5.32. The van der Waals surface area contributed by atoms with Crippen LogP contribution in [0.15, 0.2) is 48.5 Å². The second kappa shape index (κ2) is 7.87. The largest absolute Gasteiger partial charge is 0.378 e. The number of halogens is 2. The van der Waals surface area contributed by atoms with Gasteiger partial charge in [0, 0.05) is 31.0 Å². The van der Waals surface area contributed by atoms with Crippen molar-refractivity contribution >= 4 is 5.78 Å². The summed E-state index contributed by atoms with van der Waals surface area (Å²) in [4.78, 5) is 15.2. The molecule has 0 N–H and O–H groups in total. The van der Waals surface area contributed by atoms with Gasteiger partial charge in [0.2, 0.25) is 0 Å². The van der Waals surface area contributed by atoms with Crippen LogP contribution in [0.1, 0.15) is 24.0 Å². The third-order valence-electron chi connectivity index (χ3n) is 5.70. The molecule has 2 aromatic rings. The normalized spacial score (nSPS) is 25.3. The molecule has 2 fully saturated rings. The number of nitrogens with zero attached hydrogens (tertiary/aromatic N) is 1. The maximum atomic E-state index is 13.4. The van der Waals surface area contributed by atoms with Crippen molar-refractivity contribution in [2.45, 2.75) is 37.9 Å². The quantitative estimate of drug-likeness (QED) is 0.802. The number of morpholine rings is 1. The van der Waals surface area contributed by atoms with E-state index in [1.165, 1.54) is 11.6 Å². The van der Waals surface area contributed by atoms with Crippen molar-refractivity contribution in [1.82, 2.24) is 4.90 Å². The number of carbonyl (C=O) groups is 1. The molecule has 0 amide bonds. The number of Topliss-reactive ketones (excluding diaryl/α,β-unsaturated/α-hetero) is 1. The molecule has 2 aromatic carbocycles. The number of piperidine rings is 1. The standard InChI is InChI=1S/C22H23F2NO2/c23-20-7-6-16(8-21(20)24)9-22(26)17-10-18-13-27-14-19(11-17)25(18)12-15-4-2-1-3-5-15/h1-8,17-19H,9-14H2. The number of carbonyl (C=O) groups excluding carboxylic acids is 1. The lowest BCUT2D eigenvalue weighted by atomic mass is 9.80.